The van der Waals surface area contributed by atoms with Crippen LogP contribution in [0.3, 0.4) is 0 Å². The van der Waals surface area contributed by atoms with E-state index in [2.05, 4.69) is 30.8 Å². The van der Waals surface area contributed by atoms with Crippen molar-refractivity contribution < 1.29 is 30.7 Å². The zero-order valence-corrected chi connectivity index (χ0v) is 10.0. The zero-order chi connectivity index (χ0) is 13.4. The number of pyridine rings is 1. The van der Waals surface area contributed by atoms with Crippen LogP contribution in [0.15, 0.2) is 15.6 Å². The van der Waals surface area contributed by atoms with Crippen molar-refractivity contribution in [2.45, 2.75) is 11.4 Å². The fourth-order valence-corrected chi connectivity index (χ4v) is 1.91. The molecule has 0 aromatic carbocycles. The van der Waals surface area contributed by atoms with Gasteiger partial charge in [0, 0.05) is 0 Å². The van der Waals surface area contributed by atoms with Gasteiger partial charge in [0.1, 0.15) is 0 Å². The van der Waals surface area contributed by atoms with Gasteiger partial charge in [-0.25, -0.2) is 18.5 Å². The van der Waals surface area contributed by atoms with Crippen molar-refractivity contribution in [3.8, 4) is 5.75 Å². The summed E-state index contributed by atoms with van der Waals surface area (Å²) in [4.78, 5) is 2.75. The quantitative estimate of drug-likeness (QED) is 0.654. The smallest absolute Gasteiger partial charge is 0.400 e. The Morgan fingerprint density at radius 2 is 1.94 bits per heavy atom. The van der Waals surface area contributed by atoms with Crippen LogP contribution in [0.4, 0.5) is 17.6 Å². The number of hydrogen-bond donors (Lipinski definition) is 1. The van der Waals surface area contributed by atoms with Crippen molar-refractivity contribution in [3.63, 3.8) is 0 Å². The first-order chi connectivity index (χ1) is 7.50. The highest BCUT2D eigenvalue weighted by Gasteiger charge is 2.34. The van der Waals surface area contributed by atoms with Crippen molar-refractivity contribution in [1.82, 2.24) is 4.98 Å². The molecule has 0 bridgehead atoms. The van der Waals surface area contributed by atoms with E-state index in [-0.39, 0.29) is 0 Å². The summed E-state index contributed by atoms with van der Waals surface area (Å²) in [5.74, 6) is -3.02. The van der Waals surface area contributed by atoms with Gasteiger partial charge in [-0.2, -0.15) is 4.39 Å². The second-order valence-corrected chi connectivity index (χ2v) is 5.02. The number of ether oxygens (including phenoxy) is 1. The molecule has 1 rings (SSSR count). The van der Waals surface area contributed by atoms with Crippen molar-refractivity contribution in [2.75, 3.05) is 0 Å². The lowest BCUT2D eigenvalue weighted by Gasteiger charge is -2.11. The second-order valence-electron chi connectivity index (χ2n) is 2.66. The van der Waals surface area contributed by atoms with Crippen molar-refractivity contribution in [1.29, 1.82) is 0 Å². The minimum Gasteiger partial charge on any atom is -0.400 e. The number of sulfonamides is 1. The average molecular weight is 339 g/mol. The van der Waals surface area contributed by atoms with E-state index in [0.29, 0.717) is 6.07 Å². The lowest BCUT2D eigenvalue weighted by atomic mass is 10.4. The Balaban J connectivity index is 3.30. The molecular weight excluding hydrogens is 336 g/mol. The molecule has 0 saturated heterocycles. The Labute approximate surface area is 101 Å². The average Bonchev–Trinajstić information content (AvgIpc) is 2.07. The molecular formula is C6H3BrF4N2O3S. The number of halogens is 5. The normalized spacial score (nSPS) is 12.6. The topological polar surface area (TPSA) is 82.3 Å². The first-order valence-electron chi connectivity index (χ1n) is 3.65. The molecule has 11 heteroatoms. The zero-order valence-electron chi connectivity index (χ0n) is 7.62. The standard InChI is InChI=1S/C6H3BrF4N2O3S/c7-2-1-3(17(12,14)15)13-5(8)4(2)16-6(9,10)11/h1H,(H2,12,14,15). The third-order valence-corrected chi connectivity index (χ3v) is 2.75. The predicted molar refractivity (Wildman–Crippen MR) is 50.0 cm³/mol. The van der Waals surface area contributed by atoms with Gasteiger partial charge >= 0.3 is 6.36 Å². The number of nitrogens with zero attached hydrogens (tertiary/aromatic N) is 1. The Morgan fingerprint density at radius 1 is 1.41 bits per heavy atom. The molecule has 0 amide bonds. The van der Waals surface area contributed by atoms with E-state index in [1.54, 1.807) is 0 Å². The summed E-state index contributed by atoms with van der Waals surface area (Å²) in [5.41, 5.74) is 0. The van der Waals surface area contributed by atoms with Crippen molar-refractivity contribution in [3.05, 3.63) is 16.5 Å². The van der Waals surface area contributed by atoms with Crippen LogP contribution in [0.2, 0.25) is 0 Å². The lowest BCUT2D eigenvalue weighted by molar-refractivity contribution is -0.276. The predicted octanol–water partition coefficient (Wildman–Crippen LogP) is 1.53. The van der Waals surface area contributed by atoms with Crippen LogP contribution in [0.25, 0.3) is 0 Å². The van der Waals surface area contributed by atoms with Crippen LogP contribution >= 0.6 is 15.9 Å². The van der Waals surface area contributed by atoms with E-state index in [9.17, 15) is 26.0 Å². The van der Waals surface area contributed by atoms with Gasteiger partial charge in [-0.05, 0) is 22.0 Å². The van der Waals surface area contributed by atoms with Gasteiger partial charge in [0.05, 0.1) is 4.47 Å². The first kappa shape index (κ1) is 14.1. The van der Waals surface area contributed by atoms with Gasteiger partial charge in [-0.3, -0.25) is 0 Å². The third-order valence-electron chi connectivity index (χ3n) is 1.37. The Hall–Kier alpha value is -0.940. The van der Waals surface area contributed by atoms with Crippen LogP contribution in [0.1, 0.15) is 0 Å². The third kappa shape index (κ3) is 3.78. The molecule has 0 aliphatic heterocycles. The largest absolute Gasteiger partial charge is 0.573 e. The number of hydrogen-bond acceptors (Lipinski definition) is 4. The van der Waals surface area contributed by atoms with E-state index in [1.165, 1.54) is 0 Å². The van der Waals surface area contributed by atoms with E-state index in [0.717, 1.165) is 0 Å². The van der Waals surface area contributed by atoms with Gasteiger partial charge in [-0.15, -0.1) is 13.2 Å². The minimum absolute atomic E-state index is 0.577. The first-order valence-corrected chi connectivity index (χ1v) is 5.99. The molecule has 5 nitrogen and oxygen atoms in total. The van der Waals surface area contributed by atoms with E-state index in [1.807, 2.05) is 0 Å². The summed E-state index contributed by atoms with van der Waals surface area (Å²) in [6, 6.07) is 0.597. The molecule has 0 unspecified atom stereocenters. The summed E-state index contributed by atoms with van der Waals surface area (Å²) in [6.45, 7) is 0. The lowest BCUT2D eigenvalue weighted by Crippen LogP contribution is -2.20. The summed E-state index contributed by atoms with van der Waals surface area (Å²) in [6.07, 6.45) is -5.13. The molecule has 0 atom stereocenters. The molecule has 1 heterocycles. The highest BCUT2D eigenvalue weighted by atomic mass is 79.9. The van der Waals surface area contributed by atoms with Crippen LogP contribution in [0, 0.1) is 5.95 Å². The Kier molecular flexibility index (Phi) is 3.64. The maximum absolute atomic E-state index is 13.1. The molecule has 0 radical (unpaired) electrons. The fourth-order valence-electron chi connectivity index (χ4n) is 0.805. The number of rotatable bonds is 2. The van der Waals surface area contributed by atoms with Crippen LogP contribution in [0.5, 0.6) is 5.75 Å². The number of alkyl halides is 3. The molecule has 1 aromatic heterocycles. The van der Waals surface area contributed by atoms with Gasteiger partial charge in [0.2, 0.25) is 0 Å². The highest BCUT2D eigenvalue weighted by Crippen LogP contribution is 2.33. The fraction of sp³-hybridized carbons (Fsp3) is 0.167. The molecule has 2 N–H and O–H groups in total. The number of nitrogens with two attached hydrogens (primary N) is 1. The van der Waals surface area contributed by atoms with Crippen molar-refractivity contribution in [2.24, 2.45) is 5.14 Å². The van der Waals surface area contributed by atoms with Gasteiger partial charge in [0.25, 0.3) is 16.0 Å². The minimum atomic E-state index is -5.13. The van der Waals surface area contributed by atoms with Gasteiger partial charge in [-0.1, -0.05) is 0 Å². The molecule has 96 valence electrons. The van der Waals surface area contributed by atoms with Crippen molar-refractivity contribution >= 4 is 26.0 Å². The van der Waals surface area contributed by atoms with Crippen LogP contribution in [-0.4, -0.2) is 19.8 Å². The summed E-state index contributed by atoms with van der Waals surface area (Å²) < 4.78 is 73.0. The van der Waals surface area contributed by atoms with E-state index < -0.39 is 37.6 Å². The summed E-state index contributed by atoms with van der Waals surface area (Å²) in [7, 11) is -4.33. The summed E-state index contributed by atoms with van der Waals surface area (Å²) >= 11 is 2.52. The van der Waals surface area contributed by atoms with Gasteiger partial charge < -0.3 is 4.74 Å². The Bertz CT molecular complexity index is 522. The van der Waals surface area contributed by atoms with Crippen LogP contribution in [-0.2, 0) is 10.0 Å². The number of primary sulfonamides is 1. The Morgan fingerprint density at radius 3 is 2.29 bits per heavy atom. The SMILES string of the molecule is NS(=O)(=O)c1cc(Br)c(OC(F)(F)F)c(F)n1. The number of aromatic nitrogens is 1. The maximum atomic E-state index is 13.1. The van der Waals surface area contributed by atoms with Gasteiger partial charge in [0.15, 0.2) is 10.8 Å². The molecule has 0 spiro atoms. The molecule has 0 aliphatic rings. The second kappa shape index (κ2) is 4.38. The van der Waals surface area contributed by atoms with E-state index in [4.69, 9.17) is 0 Å². The molecule has 0 saturated carbocycles. The highest BCUT2D eigenvalue weighted by molar-refractivity contribution is 9.10. The van der Waals surface area contributed by atoms with E-state index >= 15 is 0 Å². The molecule has 0 fully saturated rings. The summed E-state index contributed by atoms with van der Waals surface area (Å²) in [5, 5.41) is 3.71. The maximum Gasteiger partial charge on any atom is 0.573 e. The van der Waals surface area contributed by atoms with Crippen LogP contribution < -0.4 is 9.88 Å². The molecule has 1 aromatic rings. The molecule has 17 heavy (non-hydrogen) atoms. The molecule has 0 aliphatic carbocycles. The monoisotopic (exact) mass is 338 g/mol.